The number of para-hydroxylation sites is 1. The molecule has 0 saturated heterocycles. The molecule has 1 heterocycles. The van der Waals surface area contributed by atoms with E-state index >= 15 is 0 Å². The van der Waals surface area contributed by atoms with Crippen LogP contribution in [0.4, 0.5) is 5.95 Å². The average molecular weight is 301 g/mol. The first-order valence-electron chi connectivity index (χ1n) is 8.15. The predicted octanol–water partition coefficient (Wildman–Crippen LogP) is 2.67. The molecule has 118 valence electrons. The molecule has 0 spiro atoms. The van der Waals surface area contributed by atoms with Gasteiger partial charge in [0.15, 0.2) is 0 Å². The molecule has 3 N–H and O–H groups in total. The quantitative estimate of drug-likeness (QED) is 0.742. The Morgan fingerprint density at radius 3 is 2.95 bits per heavy atom. The molecule has 1 saturated carbocycles. The summed E-state index contributed by atoms with van der Waals surface area (Å²) in [5.74, 6) is 0.951. The molecule has 3 rings (SSSR count). The number of hydrogen-bond donors (Lipinski definition) is 3. The molecule has 1 aliphatic carbocycles. The highest BCUT2D eigenvalue weighted by Crippen LogP contribution is 2.27. The van der Waals surface area contributed by atoms with Gasteiger partial charge in [-0.2, -0.15) is 0 Å². The van der Waals surface area contributed by atoms with Gasteiger partial charge in [-0.1, -0.05) is 25.0 Å². The van der Waals surface area contributed by atoms with Crippen LogP contribution in [0.1, 0.15) is 38.5 Å². The first-order chi connectivity index (χ1) is 10.7. The number of fused-ring (bicyclic) bond motifs is 1. The lowest BCUT2D eigenvalue weighted by molar-refractivity contribution is 0.0648. The van der Waals surface area contributed by atoms with Crippen LogP contribution < -0.4 is 10.9 Å². The molecule has 22 heavy (non-hydrogen) atoms. The number of aromatic nitrogens is 2. The molecule has 5 heteroatoms. The smallest absolute Gasteiger partial charge is 0.260 e. The van der Waals surface area contributed by atoms with Crippen LogP contribution in [0.2, 0.25) is 0 Å². The second kappa shape index (κ2) is 6.92. The van der Waals surface area contributed by atoms with Crippen LogP contribution in [0.3, 0.4) is 0 Å². The summed E-state index contributed by atoms with van der Waals surface area (Å²) in [6, 6.07) is 7.33. The van der Waals surface area contributed by atoms with Crippen LogP contribution in [0.5, 0.6) is 0 Å². The summed E-state index contributed by atoms with van der Waals surface area (Å²) in [6.07, 6.45) is 6.31. The van der Waals surface area contributed by atoms with Gasteiger partial charge in [0.25, 0.3) is 5.56 Å². The Labute approximate surface area is 129 Å². The third kappa shape index (κ3) is 3.47. The summed E-state index contributed by atoms with van der Waals surface area (Å²) < 4.78 is 0. The number of nitrogens with one attached hydrogen (secondary N) is 2. The summed E-state index contributed by atoms with van der Waals surface area (Å²) in [7, 11) is 0. The van der Waals surface area contributed by atoms with Crippen molar-refractivity contribution in [3.05, 3.63) is 34.6 Å². The first-order valence-corrected chi connectivity index (χ1v) is 8.15. The molecule has 0 amide bonds. The van der Waals surface area contributed by atoms with E-state index in [2.05, 4.69) is 15.3 Å². The Kier molecular flexibility index (Phi) is 4.73. The molecule has 5 nitrogen and oxygen atoms in total. The SMILES string of the molecule is O=c1[nH]c(NCCCC2CCCCC2O)nc2ccccc12. The third-order valence-corrected chi connectivity index (χ3v) is 4.53. The van der Waals surface area contributed by atoms with Crippen molar-refractivity contribution in [3.8, 4) is 0 Å². The van der Waals surface area contributed by atoms with Gasteiger partial charge in [-0.3, -0.25) is 9.78 Å². The zero-order valence-electron chi connectivity index (χ0n) is 12.7. The van der Waals surface area contributed by atoms with Crippen molar-refractivity contribution < 1.29 is 5.11 Å². The number of rotatable bonds is 5. The Balaban J connectivity index is 1.54. The zero-order chi connectivity index (χ0) is 15.4. The van der Waals surface area contributed by atoms with Crippen molar-refractivity contribution in [2.75, 3.05) is 11.9 Å². The van der Waals surface area contributed by atoms with Gasteiger partial charge in [-0.25, -0.2) is 4.98 Å². The molecule has 1 aromatic carbocycles. The molecule has 1 fully saturated rings. The van der Waals surface area contributed by atoms with Gasteiger partial charge in [0.2, 0.25) is 5.95 Å². The van der Waals surface area contributed by atoms with Crippen molar-refractivity contribution in [2.24, 2.45) is 5.92 Å². The van der Waals surface area contributed by atoms with Crippen LogP contribution in [-0.2, 0) is 0 Å². The monoisotopic (exact) mass is 301 g/mol. The minimum Gasteiger partial charge on any atom is -0.393 e. The van der Waals surface area contributed by atoms with Crippen molar-refractivity contribution in [3.63, 3.8) is 0 Å². The van der Waals surface area contributed by atoms with Gasteiger partial charge in [-0.15, -0.1) is 0 Å². The molecule has 0 aliphatic heterocycles. The van der Waals surface area contributed by atoms with Crippen molar-refractivity contribution in [2.45, 2.75) is 44.6 Å². The summed E-state index contributed by atoms with van der Waals surface area (Å²) in [5.41, 5.74) is 0.590. The molecule has 2 aromatic rings. The Morgan fingerprint density at radius 1 is 1.27 bits per heavy atom. The van der Waals surface area contributed by atoms with Crippen LogP contribution in [0.15, 0.2) is 29.1 Å². The summed E-state index contributed by atoms with van der Waals surface area (Å²) >= 11 is 0. The second-order valence-electron chi connectivity index (χ2n) is 6.11. The maximum Gasteiger partial charge on any atom is 0.260 e. The van der Waals surface area contributed by atoms with Gasteiger partial charge in [-0.05, 0) is 43.7 Å². The average Bonchev–Trinajstić information content (AvgIpc) is 2.53. The van der Waals surface area contributed by atoms with Crippen molar-refractivity contribution in [1.82, 2.24) is 9.97 Å². The molecule has 0 radical (unpaired) electrons. The van der Waals surface area contributed by atoms with E-state index in [9.17, 15) is 9.90 Å². The number of benzene rings is 1. The number of aromatic amines is 1. The van der Waals surface area contributed by atoms with E-state index in [1.165, 1.54) is 6.42 Å². The predicted molar refractivity (Wildman–Crippen MR) is 88.1 cm³/mol. The van der Waals surface area contributed by atoms with Gasteiger partial charge in [0.1, 0.15) is 0 Å². The molecule has 1 aromatic heterocycles. The Morgan fingerprint density at radius 2 is 2.09 bits per heavy atom. The van der Waals surface area contributed by atoms with E-state index in [0.717, 1.165) is 38.6 Å². The third-order valence-electron chi connectivity index (χ3n) is 4.53. The highest BCUT2D eigenvalue weighted by molar-refractivity contribution is 5.78. The highest BCUT2D eigenvalue weighted by Gasteiger charge is 2.22. The number of nitrogens with zero attached hydrogens (tertiary/aromatic N) is 1. The van der Waals surface area contributed by atoms with E-state index < -0.39 is 0 Å². The molecule has 0 bridgehead atoms. The topological polar surface area (TPSA) is 78.0 Å². The van der Waals surface area contributed by atoms with E-state index in [4.69, 9.17) is 0 Å². The second-order valence-corrected chi connectivity index (χ2v) is 6.11. The van der Waals surface area contributed by atoms with Gasteiger partial charge in [0.05, 0.1) is 17.0 Å². The van der Waals surface area contributed by atoms with E-state index in [1.807, 2.05) is 18.2 Å². The zero-order valence-corrected chi connectivity index (χ0v) is 12.7. The maximum atomic E-state index is 12.0. The standard InChI is InChI=1S/C17H23N3O2/c21-15-10-4-1-6-12(15)7-5-11-18-17-19-14-9-3-2-8-13(14)16(22)20-17/h2-3,8-9,12,15,21H,1,4-7,10-11H2,(H2,18,19,20,22). The highest BCUT2D eigenvalue weighted by atomic mass is 16.3. The van der Waals surface area contributed by atoms with Gasteiger partial charge < -0.3 is 10.4 Å². The lowest BCUT2D eigenvalue weighted by Gasteiger charge is -2.27. The van der Waals surface area contributed by atoms with Crippen LogP contribution >= 0.6 is 0 Å². The number of hydrogen-bond acceptors (Lipinski definition) is 4. The molecular weight excluding hydrogens is 278 g/mol. The van der Waals surface area contributed by atoms with Crippen molar-refractivity contribution >= 4 is 16.9 Å². The van der Waals surface area contributed by atoms with Gasteiger partial charge >= 0.3 is 0 Å². The van der Waals surface area contributed by atoms with E-state index in [0.29, 0.717) is 22.8 Å². The number of anilines is 1. The van der Waals surface area contributed by atoms with Gasteiger partial charge in [0, 0.05) is 6.54 Å². The Bertz CT molecular complexity index is 683. The minimum absolute atomic E-state index is 0.115. The number of aliphatic hydroxyl groups is 1. The maximum absolute atomic E-state index is 12.0. The Hall–Kier alpha value is -1.88. The fraction of sp³-hybridized carbons (Fsp3) is 0.529. The molecule has 1 aliphatic rings. The van der Waals surface area contributed by atoms with Crippen LogP contribution in [-0.4, -0.2) is 27.7 Å². The molecule has 2 unspecified atom stereocenters. The fourth-order valence-electron chi connectivity index (χ4n) is 3.27. The molecule has 2 atom stereocenters. The lowest BCUT2D eigenvalue weighted by atomic mass is 9.83. The van der Waals surface area contributed by atoms with Crippen molar-refractivity contribution in [1.29, 1.82) is 0 Å². The largest absolute Gasteiger partial charge is 0.393 e. The first kappa shape index (κ1) is 15.0. The normalized spacial score (nSPS) is 21.9. The lowest BCUT2D eigenvalue weighted by Crippen LogP contribution is -2.25. The van der Waals surface area contributed by atoms with Crippen LogP contribution in [0, 0.1) is 5.92 Å². The van der Waals surface area contributed by atoms with E-state index in [-0.39, 0.29) is 11.7 Å². The fourth-order valence-corrected chi connectivity index (χ4v) is 3.27. The summed E-state index contributed by atoms with van der Waals surface area (Å²) in [4.78, 5) is 19.1. The van der Waals surface area contributed by atoms with Crippen LogP contribution in [0.25, 0.3) is 10.9 Å². The minimum atomic E-state index is -0.132. The van der Waals surface area contributed by atoms with E-state index in [1.54, 1.807) is 6.07 Å². The number of aliphatic hydroxyl groups excluding tert-OH is 1. The number of H-pyrrole nitrogens is 1. The molecular formula is C17H23N3O2. The summed E-state index contributed by atoms with van der Waals surface area (Å²) in [5, 5.41) is 13.8. The summed E-state index contributed by atoms with van der Waals surface area (Å²) in [6.45, 7) is 0.754.